The largest absolute Gasteiger partial charge is 0.356 e. The number of hydrogen-bond acceptors (Lipinski definition) is 6. The van der Waals surface area contributed by atoms with Crippen LogP contribution in [0.15, 0.2) is 42.0 Å². The van der Waals surface area contributed by atoms with E-state index in [1.807, 2.05) is 24.4 Å². The fraction of sp³-hybridized carbons (Fsp3) is 0.353. The van der Waals surface area contributed by atoms with Gasteiger partial charge in [-0.25, -0.2) is 9.97 Å². The molecule has 0 aliphatic carbocycles. The van der Waals surface area contributed by atoms with Crippen LogP contribution < -0.4 is 4.90 Å². The van der Waals surface area contributed by atoms with E-state index in [0.717, 1.165) is 48.3 Å². The third-order valence-corrected chi connectivity index (χ3v) is 4.49. The SMILES string of the molecule is O=NC[C@@H]1CCCN(c2nc(-c3ccncc3)nc3[nH]ccc23)C1. The second-order valence-electron chi connectivity index (χ2n) is 6.11. The molecule has 1 saturated heterocycles. The number of nitroso groups, excluding NO2 is 1. The van der Waals surface area contributed by atoms with Gasteiger partial charge in [0.25, 0.3) is 0 Å². The van der Waals surface area contributed by atoms with Crippen LogP contribution >= 0.6 is 0 Å². The molecule has 0 unspecified atom stereocenters. The molecule has 122 valence electrons. The molecule has 0 radical (unpaired) electrons. The Morgan fingerprint density at radius 2 is 2.12 bits per heavy atom. The summed E-state index contributed by atoms with van der Waals surface area (Å²) in [4.78, 5) is 29.6. The number of H-pyrrole nitrogens is 1. The first-order valence-electron chi connectivity index (χ1n) is 8.15. The number of pyridine rings is 1. The van der Waals surface area contributed by atoms with Gasteiger partial charge in [-0.2, -0.15) is 4.91 Å². The molecular formula is C17H18N6O. The molecule has 1 fully saturated rings. The maximum atomic E-state index is 10.6. The van der Waals surface area contributed by atoms with E-state index in [9.17, 15) is 4.91 Å². The molecule has 7 heteroatoms. The number of fused-ring (bicyclic) bond motifs is 1. The molecule has 4 rings (SSSR count). The lowest BCUT2D eigenvalue weighted by molar-refractivity contribution is 0.422. The van der Waals surface area contributed by atoms with E-state index in [2.05, 4.69) is 25.0 Å². The molecule has 3 aromatic rings. The highest BCUT2D eigenvalue weighted by molar-refractivity contribution is 5.89. The Bertz CT molecular complexity index is 847. The van der Waals surface area contributed by atoms with Crippen molar-refractivity contribution in [2.45, 2.75) is 12.8 Å². The number of aromatic amines is 1. The maximum Gasteiger partial charge on any atom is 0.164 e. The van der Waals surface area contributed by atoms with Crippen LogP contribution in [0.25, 0.3) is 22.4 Å². The number of aromatic nitrogens is 4. The summed E-state index contributed by atoms with van der Waals surface area (Å²) in [5.74, 6) is 1.89. The highest BCUT2D eigenvalue weighted by atomic mass is 16.3. The Balaban J connectivity index is 1.76. The third kappa shape index (κ3) is 2.73. The van der Waals surface area contributed by atoms with Crippen LogP contribution in [-0.4, -0.2) is 39.6 Å². The minimum Gasteiger partial charge on any atom is -0.356 e. The highest BCUT2D eigenvalue weighted by Crippen LogP contribution is 2.30. The molecule has 1 N–H and O–H groups in total. The first-order chi connectivity index (χ1) is 11.8. The summed E-state index contributed by atoms with van der Waals surface area (Å²) < 4.78 is 0. The van der Waals surface area contributed by atoms with Gasteiger partial charge in [0.15, 0.2) is 5.82 Å². The van der Waals surface area contributed by atoms with Crippen LogP contribution in [0.2, 0.25) is 0 Å². The Morgan fingerprint density at radius 1 is 1.25 bits per heavy atom. The van der Waals surface area contributed by atoms with Gasteiger partial charge in [0.2, 0.25) is 0 Å². The average molecular weight is 322 g/mol. The fourth-order valence-corrected chi connectivity index (χ4v) is 3.31. The van der Waals surface area contributed by atoms with Gasteiger partial charge in [0, 0.05) is 37.2 Å². The van der Waals surface area contributed by atoms with Crippen molar-refractivity contribution >= 4 is 16.9 Å². The summed E-state index contributed by atoms with van der Waals surface area (Å²) in [5.41, 5.74) is 1.76. The van der Waals surface area contributed by atoms with Gasteiger partial charge in [0.05, 0.1) is 11.9 Å². The molecule has 1 atom stereocenters. The quantitative estimate of drug-likeness (QED) is 0.746. The molecular weight excluding hydrogens is 304 g/mol. The molecule has 24 heavy (non-hydrogen) atoms. The van der Waals surface area contributed by atoms with E-state index in [1.165, 1.54) is 0 Å². The average Bonchev–Trinajstić information content (AvgIpc) is 3.11. The fourth-order valence-electron chi connectivity index (χ4n) is 3.31. The lowest BCUT2D eigenvalue weighted by Gasteiger charge is -2.33. The second-order valence-corrected chi connectivity index (χ2v) is 6.11. The highest BCUT2D eigenvalue weighted by Gasteiger charge is 2.23. The minimum atomic E-state index is 0.296. The van der Waals surface area contributed by atoms with Gasteiger partial charge < -0.3 is 9.88 Å². The third-order valence-electron chi connectivity index (χ3n) is 4.49. The van der Waals surface area contributed by atoms with Crippen molar-refractivity contribution in [2.75, 3.05) is 24.5 Å². The van der Waals surface area contributed by atoms with Crippen molar-refractivity contribution in [2.24, 2.45) is 11.1 Å². The van der Waals surface area contributed by atoms with Crippen molar-refractivity contribution < 1.29 is 0 Å². The maximum absolute atomic E-state index is 10.6. The van der Waals surface area contributed by atoms with Crippen LogP contribution in [0, 0.1) is 10.8 Å². The summed E-state index contributed by atoms with van der Waals surface area (Å²) in [6, 6.07) is 5.81. The normalized spacial score (nSPS) is 18.0. The molecule has 0 amide bonds. The van der Waals surface area contributed by atoms with Crippen LogP contribution in [0.3, 0.4) is 0 Å². The topological polar surface area (TPSA) is 87.1 Å². The molecule has 1 aliphatic rings. The lowest BCUT2D eigenvalue weighted by atomic mass is 9.98. The van der Waals surface area contributed by atoms with E-state index in [-0.39, 0.29) is 0 Å². The number of nitrogens with one attached hydrogen (secondary N) is 1. The van der Waals surface area contributed by atoms with E-state index < -0.39 is 0 Å². The Morgan fingerprint density at radius 3 is 2.96 bits per heavy atom. The van der Waals surface area contributed by atoms with Crippen molar-refractivity contribution in [1.29, 1.82) is 0 Å². The summed E-state index contributed by atoms with van der Waals surface area (Å²) in [6.45, 7) is 2.11. The van der Waals surface area contributed by atoms with Gasteiger partial charge in [-0.15, -0.1) is 0 Å². The van der Waals surface area contributed by atoms with E-state index in [4.69, 9.17) is 4.98 Å². The molecule has 0 saturated carbocycles. The molecule has 3 aromatic heterocycles. The van der Waals surface area contributed by atoms with E-state index in [1.54, 1.807) is 12.4 Å². The second kappa shape index (κ2) is 6.35. The van der Waals surface area contributed by atoms with Crippen LogP contribution in [-0.2, 0) is 0 Å². The van der Waals surface area contributed by atoms with Crippen molar-refractivity contribution in [1.82, 2.24) is 19.9 Å². The molecule has 4 heterocycles. The zero-order valence-electron chi connectivity index (χ0n) is 13.2. The number of nitrogens with zero attached hydrogens (tertiary/aromatic N) is 5. The van der Waals surface area contributed by atoms with Crippen molar-refractivity contribution in [3.8, 4) is 11.4 Å². The first-order valence-corrected chi connectivity index (χ1v) is 8.15. The lowest BCUT2D eigenvalue weighted by Crippen LogP contribution is -2.37. The number of piperidine rings is 1. The minimum absolute atomic E-state index is 0.296. The molecule has 7 nitrogen and oxygen atoms in total. The molecule has 1 aliphatic heterocycles. The Labute approximate surface area is 139 Å². The van der Waals surface area contributed by atoms with E-state index in [0.29, 0.717) is 18.3 Å². The van der Waals surface area contributed by atoms with Gasteiger partial charge in [-0.1, -0.05) is 5.18 Å². The van der Waals surface area contributed by atoms with Crippen molar-refractivity contribution in [3.63, 3.8) is 0 Å². The number of anilines is 1. The predicted molar refractivity (Wildman–Crippen MR) is 92.7 cm³/mol. The monoisotopic (exact) mass is 322 g/mol. The number of hydrogen-bond donors (Lipinski definition) is 1. The summed E-state index contributed by atoms with van der Waals surface area (Å²) in [6.07, 6.45) is 7.45. The van der Waals surface area contributed by atoms with Crippen LogP contribution in [0.5, 0.6) is 0 Å². The smallest absolute Gasteiger partial charge is 0.164 e. The van der Waals surface area contributed by atoms with Gasteiger partial charge in [0.1, 0.15) is 11.5 Å². The zero-order valence-corrected chi connectivity index (χ0v) is 13.2. The first kappa shape index (κ1) is 14.7. The van der Waals surface area contributed by atoms with Gasteiger partial charge in [-0.3, -0.25) is 4.98 Å². The predicted octanol–water partition coefficient (Wildman–Crippen LogP) is 3.00. The molecule has 0 bridgehead atoms. The Hall–Kier alpha value is -2.83. The summed E-state index contributed by atoms with van der Waals surface area (Å²) in [7, 11) is 0. The molecule has 0 aromatic carbocycles. The summed E-state index contributed by atoms with van der Waals surface area (Å²) in [5, 5.41) is 4.09. The van der Waals surface area contributed by atoms with Crippen LogP contribution in [0.4, 0.5) is 5.82 Å². The zero-order chi connectivity index (χ0) is 16.4. The van der Waals surface area contributed by atoms with Crippen LogP contribution in [0.1, 0.15) is 12.8 Å². The Kier molecular flexibility index (Phi) is 3.90. The van der Waals surface area contributed by atoms with Crippen molar-refractivity contribution in [3.05, 3.63) is 41.7 Å². The molecule has 0 spiro atoms. The van der Waals surface area contributed by atoms with E-state index >= 15 is 0 Å². The summed E-state index contributed by atoms with van der Waals surface area (Å²) >= 11 is 0. The van der Waals surface area contributed by atoms with Gasteiger partial charge in [-0.05, 0) is 37.0 Å². The standard InChI is InChI=1S/C17H18N6O/c24-20-10-12-2-1-9-23(11-12)17-14-5-8-19-16(14)21-15(22-17)13-3-6-18-7-4-13/h3-8,12H,1-2,9-11H2,(H,19,21,22)/t12-/m0/s1. The number of rotatable bonds is 4. The van der Waals surface area contributed by atoms with Gasteiger partial charge >= 0.3 is 0 Å².